The van der Waals surface area contributed by atoms with Gasteiger partial charge in [-0.2, -0.15) is 0 Å². The van der Waals surface area contributed by atoms with Gasteiger partial charge in [-0.1, -0.05) is 51.1 Å². The van der Waals surface area contributed by atoms with E-state index in [2.05, 4.69) is 12.2 Å². The van der Waals surface area contributed by atoms with E-state index in [9.17, 15) is 14.7 Å². The van der Waals surface area contributed by atoms with Gasteiger partial charge in [0.25, 0.3) is 0 Å². The lowest BCUT2D eigenvalue weighted by molar-refractivity contribution is -0.139. The topological polar surface area (TPSA) is 122 Å². The van der Waals surface area contributed by atoms with E-state index in [0.717, 1.165) is 42.4 Å². The van der Waals surface area contributed by atoms with Crippen LogP contribution in [0.25, 0.3) is 11.1 Å². The second-order valence-corrected chi connectivity index (χ2v) is 9.09. The lowest BCUT2D eigenvalue weighted by atomic mass is 9.87. The summed E-state index contributed by atoms with van der Waals surface area (Å²) >= 11 is 0. The molecule has 0 fully saturated rings. The Labute approximate surface area is 196 Å². The van der Waals surface area contributed by atoms with Crippen molar-refractivity contribution in [2.45, 2.75) is 58.9 Å². The Bertz CT molecular complexity index is 928. The average molecular weight is 457 g/mol. The summed E-state index contributed by atoms with van der Waals surface area (Å²) in [5.74, 6) is -0.633. The van der Waals surface area contributed by atoms with E-state index in [4.69, 9.17) is 15.6 Å². The highest BCUT2D eigenvalue weighted by atomic mass is 16.5. The molecule has 0 spiro atoms. The molecule has 2 rings (SSSR count). The van der Waals surface area contributed by atoms with Gasteiger partial charge in [0, 0.05) is 18.2 Å². The summed E-state index contributed by atoms with van der Waals surface area (Å²) in [6.07, 6.45) is 3.01. The molecule has 0 bridgehead atoms. The molecule has 2 aromatic carbocycles. The average Bonchev–Trinajstić information content (AvgIpc) is 2.77. The summed E-state index contributed by atoms with van der Waals surface area (Å²) in [6, 6.07) is 12.4. The molecule has 180 valence electrons. The number of carbonyl (C=O) groups excluding carboxylic acids is 1. The molecule has 0 aliphatic heterocycles. The van der Waals surface area contributed by atoms with Gasteiger partial charge in [-0.05, 0) is 48.3 Å². The number of hydrogen-bond acceptors (Lipinski definition) is 5. The van der Waals surface area contributed by atoms with Crippen LogP contribution in [-0.4, -0.2) is 41.3 Å². The van der Waals surface area contributed by atoms with Gasteiger partial charge in [-0.3, -0.25) is 9.59 Å². The lowest BCUT2D eigenvalue weighted by Gasteiger charge is -2.25. The Hall–Kier alpha value is -3.06. The maximum absolute atomic E-state index is 11.9. The predicted molar refractivity (Wildman–Crippen MR) is 129 cm³/mol. The SMILES string of the molecule is CCc1cc(-c2ccccc2)c(O)cc1OCCCCC(C)(C)CNC(=O)C(N)CC(=O)O. The monoisotopic (exact) mass is 456 g/mol. The lowest BCUT2D eigenvalue weighted by Crippen LogP contribution is -2.45. The zero-order chi connectivity index (χ0) is 24.4. The Morgan fingerprint density at radius 2 is 1.85 bits per heavy atom. The van der Waals surface area contributed by atoms with Crippen LogP contribution in [0.1, 0.15) is 52.0 Å². The van der Waals surface area contributed by atoms with Crippen LogP contribution in [0.4, 0.5) is 0 Å². The summed E-state index contributed by atoms with van der Waals surface area (Å²) in [7, 11) is 0. The van der Waals surface area contributed by atoms with E-state index in [1.165, 1.54) is 0 Å². The Balaban J connectivity index is 1.81. The van der Waals surface area contributed by atoms with Crippen LogP contribution in [0.2, 0.25) is 0 Å². The molecule has 5 N–H and O–H groups in total. The van der Waals surface area contributed by atoms with Crippen molar-refractivity contribution in [1.29, 1.82) is 0 Å². The van der Waals surface area contributed by atoms with Crippen molar-refractivity contribution in [3.05, 3.63) is 48.0 Å². The zero-order valence-corrected chi connectivity index (χ0v) is 19.8. The minimum Gasteiger partial charge on any atom is -0.507 e. The fraction of sp³-hybridized carbons (Fsp3) is 0.462. The van der Waals surface area contributed by atoms with Gasteiger partial charge in [-0.25, -0.2) is 0 Å². The van der Waals surface area contributed by atoms with E-state index in [1.54, 1.807) is 6.07 Å². The molecule has 0 saturated carbocycles. The molecular weight excluding hydrogens is 420 g/mol. The quantitative estimate of drug-likeness (QED) is 0.337. The minimum atomic E-state index is -1.09. The first-order chi connectivity index (χ1) is 15.6. The number of aliphatic carboxylic acids is 1. The van der Waals surface area contributed by atoms with Crippen molar-refractivity contribution in [2.75, 3.05) is 13.2 Å². The van der Waals surface area contributed by atoms with Crippen LogP contribution >= 0.6 is 0 Å². The van der Waals surface area contributed by atoms with E-state index in [-0.39, 0.29) is 17.6 Å². The number of nitrogens with two attached hydrogens (primary N) is 1. The molecule has 0 aliphatic rings. The summed E-state index contributed by atoms with van der Waals surface area (Å²) in [4.78, 5) is 22.6. The van der Waals surface area contributed by atoms with Crippen LogP contribution in [0.3, 0.4) is 0 Å². The molecule has 1 unspecified atom stereocenters. The Kier molecular flexibility index (Phi) is 9.73. The molecule has 2 aromatic rings. The fourth-order valence-corrected chi connectivity index (χ4v) is 3.59. The van der Waals surface area contributed by atoms with Crippen LogP contribution < -0.4 is 15.8 Å². The normalized spacial score (nSPS) is 12.2. The number of phenols is 1. The predicted octanol–water partition coefficient (Wildman–Crippen LogP) is 4.12. The standard InChI is InChI=1S/C26H36N2O5/c1-4-18-14-20(19-10-6-5-7-11-19)22(29)16-23(18)33-13-9-8-12-26(2,3)17-28-25(32)21(27)15-24(30)31/h5-7,10-11,14,16,21,29H,4,8-9,12-13,15,17,27H2,1-3H3,(H,28,32)(H,30,31). The summed E-state index contributed by atoms with van der Waals surface area (Å²) in [5, 5.41) is 22.0. The van der Waals surface area contributed by atoms with Crippen LogP contribution in [0.15, 0.2) is 42.5 Å². The Morgan fingerprint density at radius 3 is 2.48 bits per heavy atom. The van der Waals surface area contributed by atoms with Gasteiger partial charge in [-0.15, -0.1) is 0 Å². The number of phenolic OH excluding ortho intramolecular Hbond substituents is 1. The van der Waals surface area contributed by atoms with Crippen molar-refractivity contribution in [2.24, 2.45) is 11.1 Å². The summed E-state index contributed by atoms with van der Waals surface area (Å²) in [5.41, 5.74) is 8.26. The van der Waals surface area contributed by atoms with E-state index < -0.39 is 17.9 Å². The molecule has 33 heavy (non-hydrogen) atoms. The molecule has 0 saturated heterocycles. The molecule has 0 aromatic heterocycles. The number of unbranched alkanes of at least 4 members (excludes halogenated alkanes) is 1. The van der Waals surface area contributed by atoms with Crippen LogP contribution in [0, 0.1) is 5.41 Å². The number of carbonyl (C=O) groups is 2. The number of amides is 1. The number of rotatable bonds is 13. The highest BCUT2D eigenvalue weighted by molar-refractivity contribution is 5.85. The number of carboxylic acids is 1. The zero-order valence-electron chi connectivity index (χ0n) is 19.8. The number of aromatic hydroxyl groups is 1. The highest BCUT2D eigenvalue weighted by Gasteiger charge is 2.22. The van der Waals surface area contributed by atoms with Gasteiger partial charge < -0.3 is 26.0 Å². The number of aryl methyl sites for hydroxylation is 1. The van der Waals surface area contributed by atoms with Gasteiger partial charge in [0.05, 0.1) is 19.1 Å². The number of carboxylic acid groups (broad SMARTS) is 1. The minimum absolute atomic E-state index is 0.150. The maximum atomic E-state index is 11.9. The molecule has 7 nitrogen and oxygen atoms in total. The second-order valence-electron chi connectivity index (χ2n) is 9.09. The van der Waals surface area contributed by atoms with Crippen molar-refractivity contribution < 1.29 is 24.5 Å². The molecular formula is C26H36N2O5. The van der Waals surface area contributed by atoms with Crippen LogP contribution in [0.5, 0.6) is 11.5 Å². The number of hydrogen-bond donors (Lipinski definition) is 4. The number of benzene rings is 2. The van der Waals surface area contributed by atoms with E-state index in [1.807, 2.05) is 50.2 Å². The van der Waals surface area contributed by atoms with Gasteiger partial charge >= 0.3 is 5.97 Å². The van der Waals surface area contributed by atoms with Crippen molar-refractivity contribution >= 4 is 11.9 Å². The smallest absolute Gasteiger partial charge is 0.305 e. The number of nitrogens with one attached hydrogen (secondary N) is 1. The van der Waals surface area contributed by atoms with Crippen LogP contribution in [-0.2, 0) is 16.0 Å². The van der Waals surface area contributed by atoms with Gasteiger partial charge in [0.1, 0.15) is 11.5 Å². The third-order valence-corrected chi connectivity index (χ3v) is 5.62. The van der Waals surface area contributed by atoms with Crippen molar-refractivity contribution in [3.63, 3.8) is 0 Å². The third kappa shape index (κ3) is 8.42. The summed E-state index contributed by atoms with van der Waals surface area (Å²) in [6.45, 7) is 7.11. The van der Waals surface area contributed by atoms with Gasteiger partial charge in [0.2, 0.25) is 5.91 Å². The van der Waals surface area contributed by atoms with Crippen molar-refractivity contribution in [3.8, 4) is 22.6 Å². The third-order valence-electron chi connectivity index (χ3n) is 5.62. The van der Waals surface area contributed by atoms with E-state index in [0.29, 0.717) is 18.9 Å². The first-order valence-electron chi connectivity index (χ1n) is 11.4. The van der Waals surface area contributed by atoms with E-state index >= 15 is 0 Å². The molecule has 1 amide bonds. The molecule has 0 aliphatic carbocycles. The first-order valence-corrected chi connectivity index (χ1v) is 11.4. The molecule has 1 atom stereocenters. The van der Waals surface area contributed by atoms with Crippen molar-refractivity contribution in [1.82, 2.24) is 5.32 Å². The second kappa shape index (κ2) is 12.3. The largest absolute Gasteiger partial charge is 0.507 e. The summed E-state index contributed by atoms with van der Waals surface area (Å²) < 4.78 is 5.98. The van der Waals surface area contributed by atoms with Gasteiger partial charge in [0.15, 0.2) is 0 Å². The highest BCUT2D eigenvalue weighted by Crippen LogP contribution is 2.35. The Morgan fingerprint density at radius 1 is 1.15 bits per heavy atom. The first kappa shape index (κ1) is 26.2. The number of ether oxygens (including phenoxy) is 1. The molecule has 7 heteroatoms. The molecule has 0 heterocycles. The fourth-order valence-electron chi connectivity index (χ4n) is 3.59. The maximum Gasteiger partial charge on any atom is 0.305 e. The molecule has 0 radical (unpaired) electrons.